The van der Waals surface area contributed by atoms with Gasteiger partial charge in [0.1, 0.15) is 6.04 Å². The van der Waals surface area contributed by atoms with Crippen molar-refractivity contribution in [3.63, 3.8) is 0 Å². The van der Waals surface area contributed by atoms with Gasteiger partial charge in [0, 0.05) is 24.7 Å². The van der Waals surface area contributed by atoms with E-state index in [-0.39, 0.29) is 18.0 Å². The number of carbonyl (C=O) groups excluding carboxylic acids is 1. The standard InChI is InChI=1S/C16H23N3O/c1-12(11-19-8-4-5-9-19)17-16(20)15-10-13-6-2-3-7-14(13)18-15/h2-3,6-7,12,15,18H,4-5,8-11H2,1H3,(H,17,20). The van der Waals surface area contributed by atoms with E-state index in [1.54, 1.807) is 0 Å². The number of hydrogen-bond donors (Lipinski definition) is 2. The third kappa shape index (κ3) is 2.96. The maximum Gasteiger partial charge on any atom is 0.243 e. The van der Waals surface area contributed by atoms with Crippen molar-refractivity contribution < 1.29 is 4.79 Å². The molecule has 1 aromatic carbocycles. The van der Waals surface area contributed by atoms with Crippen molar-refractivity contribution in [3.05, 3.63) is 29.8 Å². The number of nitrogens with zero attached hydrogens (tertiary/aromatic N) is 1. The highest BCUT2D eigenvalue weighted by Crippen LogP contribution is 2.25. The second-order valence-electron chi connectivity index (χ2n) is 5.98. The summed E-state index contributed by atoms with van der Waals surface area (Å²) in [6, 6.07) is 8.25. The molecule has 2 unspecified atom stereocenters. The smallest absolute Gasteiger partial charge is 0.243 e. The highest BCUT2D eigenvalue weighted by molar-refractivity contribution is 5.87. The van der Waals surface area contributed by atoms with Crippen LogP contribution >= 0.6 is 0 Å². The molecule has 1 saturated heterocycles. The molecule has 1 fully saturated rings. The van der Waals surface area contributed by atoms with Gasteiger partial charge < -0.3 is 15.5 Å². The Morgan fingerprint density at radius 1 is 1.40 bits per heavy atom. The van der Waals surface area contributed by atoms with Crippen LogP contribution in [-0.4, -0.2) is 42.5 Å². The normalized spacial score (nSPS) is 23.1. The Kier molecular flexibility index (Phi) is 3.92. The molecule has 108 valence electrons. The lowest BCUT2D eigenvalue weighted by Gasteiger charge is -2.22. The predicted octanol–water partition coefficient (Wildman–Crippen LogP) is 1.62. The fourth-order valence-electron chi connectivity index (χ4n) is 3.20. The molecule has 0 aromatic heterocycles. The third-order valence-electron chi connectivity index (χ3n) is 4.21. The largest absolute Gasteiger partial charge is 0.373 e. The summed E-state index contributed by atoms with van der Waals surface area (Å²) >= 11 is 0. The third-order valence-corrected chi connectivity index (χ3v) is 4.21. The first-order chi connectivity index (χ1) is 9.72. The lowest BCUT2D eigenvalue weighted by molar-refractivity contribution is -0.122. The SMILES string of the molecule is CC(CN1CCCC1)NC(=O)C1Cc2ccccc2N1. The summed E-state index contributed by atoms with van der Waals surface area (Å²) in [5.41, 5.74) is 2.33. The average Bonchev–Trinajstić information content (AvgIpc) is 3.06. The first-order valence-corrected chi connectivity index (χ1v) is 7.59. The van der Waals surface area contributed by atoms with E-state index >= 15 is 0 Å². The molecule has 2 aliphatic rings. The summed E-state index contributed by atoms with van der Waals surface area (Å²) in [6.07, 6.45) is 3.37. The van der Waals surface area contributed by atoms with Crippen LogP contribution in [0.1, 0.15) is 25.3 Å². The van der Waals surface area contributed by atoms with E-state index in [4.69, 9.17) is 0 Å². The molecule has 4 heteroatoms. The first kappa shape index (κ1) is 13.4. The van der Waals surface area contributed by atoms with E-state index < -0.39 is 0 Å². The highest BCUT2D eigenvalue weighted by atomic mass is 16.2. The Morgan fingerprint density at radius 3 is 2.90 bits per heavy atom. The van der Waals surface area contributed by atoms with Gasteiger partial charge in [-0.25, -0.2) is 0 Å². The molecule has 0 bridgehead atoms. The number of benzene rings is 1. The van der Waals surface area contributed by atoms with Crippen molar-refractivity contribution in [1.82, 2.24) is 10.2 Å². The van der Waals surface area contributed by atoms with Crippen LogP contribution < -0.4 is 10.6 Å². The van der Waals surface area contributed by atoms with Gasteiger partial charge in [0.15, 0.2) is 0 Å². The molecule has 1 amide bonds. The van der Waals surface area contributed by atoms with Crippen molar-refractivity contribution in [2.24, 2.45) is 0 Å². The number of carbonyl (C=O) groups is 1. The van der Waals surface area contributed by atoms with Crippen LogP contribution in [0.4, 0.5) is 5.69 Å². The molecule has 3 rings (SSSR count). The molecule has 20 heavy (non-hydrogen) atoms. The monoisotopic (exact) mass is 273 g/mol. The summed E-state index contributed by atoms with van der Waals surface area (Å²) in [6.45, 7) is 5.41. The number of anilines is 1. The molecule has 1 aromatic rings. The Balaban J connectivity index is 1.50. The van der Waals surface area contributed by atoms with Gasteiger partial charge in [-0.3, -0.25) is 4.79 Å². The van der Waals surface area contributed by atoms with Crippen LogP contribution in [0.5, 0.6) is 0 Å². The van der Waals surface area contributed by atoms with Gasteiger partial charge in [-0.15, -0.1) is 0 Å². The lowest BCUT2D eigenvalue weighted by Crippen LogP contribution is -2.46. The molecule has 0 saturated carbocycles. The zero-order valence-electron chi connectivity index (χ0n) is 12.1. The van der Waals surface area contributed by atoms with Crippen molar-refractivity contribution >= 4 is 11.6 Å². The minimum Gasteiger partial charge on any atom is -0.373 e. The van der Waals surface area contributed by atoms with Gasteiger partial charge in [0.25, 0.3) is 0 Å². The van der Waals surface area contributed by atoms with Crippen molar-refractivity contribution in [3.8, 4) is 0 Å². The topological polar surface area (TPSA) is 44.4 Å². The molecule has 2 atom stereocenters. The summed E-state index contributed by atoms with van der Waals surface area (Å²) in [7, 11) is 0. The average molecular weight is 273 g/mol. The van der Waals surface area contributed by atoms with Gasteiger partial charge in [-0.1, -0.05) is 18.2 Å². The number of hydrogen-bond acceptors (Lipinski definition) is 3. The minimum absolute atomic E-state index is 0.117. The van der Waals surface area contributed by atoms with Crippen LogP contribution in [0, 0.1) is 0 Å². The van der Waals surface area contributed by atoms with Gasteiger partial charge in [-0.2, -0.15) is 0 Å². The van der Waals surface area contributed by atoms with Gasteiger partial charge in [0.2, 0.25) is 5.91 Å². The van der Waals surface area contributed by atoms with E-state index in [0.29, 0.717) is 0 Å². The molecule has 0 aliphatic carbocycles. The molecule has 2 N–H and O–H groups in total. The molecule has 2 heterocycles. The number of rotatable bonds is 4. The van der Waals surface area contributed by atoms with Crippen molar-refractivity contribution in [1.29, 1.82) is 0 Å². The zero-order chi connectivity index (χ0) is 13.9. The Morgan fingerprint density at radius 2 is 2.15 bits per heavy atom. The quantitative estimate of drug-likeness (QED) is 0.876. The summed E-state index contributed by atoms with van der Waals surface area (Å²) in [5.74, 6) is 0.118. The van der Waals surface area contributed by atoms with E-state index in [1.165, 1.54) is 31.5 Å². The van der Waals surface area contributed by atoms with Crippen molar-refractivity contribution in [2.45, 2.75) is 38.3 Å². The maximum atomic E-state index is 12.3. The number of fused-ring (bicyclic) bond motifs is 1. The first-order valence-electron chi connectivity index (χ1n) is 7.59. The van der Waals surface area contributed by atoms with E-state index in [0.717, 1.165) is 18.7 Å². The maximum absolute atomic E-state index is 12.3. The van der Waals surface area contributed by atoms with Gasteiger partial charge in [-0.05, 0) is 44.5 Å². The number of likely N-dealkylation sites (tertiary alicyclic amines) is 1. The summed E-state index contributed by atoms with van der Waals surface area (Å²) in [4.78, 5) is 14.7. The Labute approximate surface area is 120 Å². The lowest BCUT2D eigenvalue weighted by atomic mass is 10.1. The predicted molar refractivity (Wildman–Crippen MR) is 80.8 cm³/mol. The number of nitrogens with one attached hydrogen (secondary N) is 2. The summed E-state index contributed by atoms with van der Waals surface area (Å²) < 4.78 is 0. The molecular weight excluding hydrogens is 250 g/mol. The highest BCUT2D eigenvalue weighted by Gasteiger charge is 2.27. The Hall–Kier alpha value is -1.55. The van der Waals surface area contributed by atoms with Crippen LogP contribution in [0.25, 0.3) is 0 Å². The van der Waals surface area contributed by atoms with Crippen molar-refractivity contribution in [2.75, 3.05) is 25.0 Å². The zero-order valence-corrected chi connectivity index (χ0v) is 12.1. The molecule has 2 aliphatic heterocycles. The summed E-state index contributed by atoms with van der Waals surface area (Å²) in [5, 5.41) is 6.45. The van der Waals surface area contributed by atoms with Crippen LogP contribution in [-0.2, 0) is 11.2 Å². The van der Waals surface area contributed by atoms with E-state index in [2.05, 4.69) is 28.5 Å². The van der Waals surface area contributed by atoms with Gasteiger partial charge >= 0.3 is 0 Å². The number of amides is 1. The second-order valence-corrected chi connectivity index (χ2v) is 5.98. The van der Waals surface area contributed by atoms with Gasteiger partial charge in [0.05, 0.1) is 0 Å². The van der Waals surface area contributed by atoms with E-state index in [1.807, 2.05) is 18.2 Å². The van der Waals surface area contributed by atoms with Crippen LogP contribution in [0.2, 0.25) is 0 Å². The Bertz CT molecular complexity index is 457. The molecule has 4 nitrogen and oxygen atoms in total. The fraction of sp³-hybridized carbons (Fsp3) is 0.562. The molecule has 0 radical (unpaired) electrons. The fourth-order valence-corrected chi connectivity index (χ4v) is 3.20. The minimum atomic E-state index is -0.117. The van der Waals surface area contributed by atoms with E-state index in [9.17, 15) is 4.79 Å². The van der Waals surface area contributed by atoms with Crippen LogP contribution in [0.15, 0.2) is 24.3 Å². The number of para-hydroxylation sites is 1. The van der Waals surface area contributed by atoms with Crippen LogP contribution in [0.3, 0.4) is 0 Å². The second kappa shape index (κ2) is 5.83. The molecule has 0 spiro atoms. The molecular formula is C16H23N3O.